The van der Waals surface area contributed by atoms with Gasteiger partial charge in [0, 0.05) is 12.2 Å². The third kappa shape index (κ3) is 3.23. The Morgan fingerprint density at radius 1 is 1.53 bits per heavy atom. The van der Waals surface area contributed by atoms with Crippen molar-refractivity contribution >= 4 is 21.6 Å². The van der Waals surface area contributed by atoms with Gasteiger partial charge >= 0.3 is 5.97 Å². The van der Waals surface area contributed by atoms with Gasteiger partial charge in [0.25, 0.3) is 0 Å². The average Bonchev–Trinajstić information content (AvgIpc) is 2.26. The number of carbonyl (C=O) groups is 1. The molecule has 19 heavy (non-hydrogen) atoms. The van der Waals surface area contributed by atoms with Crippen molar-refractivity contribution < 1.29 is 18.3 Å². The maximum absolute atomic E-state index is 11.6. The zero-order valence-corrected chi connectivity index (χ0v) is 11.4. The molecule has 0 aliphatic carbocycles. The van der Waals surface area contributed by atoms with E-state index in [9.17, 15) is 18.3 Å². The van der Waals surface area contributed by atoms with E-state index in [1.165, 1.54) is 6.20 Å². The van der Waals surface area contributed by atoms with Crippen LogP contribution in [-0.4, -0.2) is 42.0 Å². The Morgan fingerprint density at radius 2 is 2.26 bits per heavy atom. The van der Waals surface area contributed by atoms with Crippen molar-refractivity contribution in [3.05, 3.63) is 23.4 Å². The van der Waals surface area contributed by atoms with Crippen molar-refractivity contribution in [2.75, 3.05) is 16.8 Å². The van der Waals surface area contributed by atoms with Crippen LogP contribution in [-0.2, 0) is 9.84 Å². The number of aryl methyl sites for hydroxylation is 1. The van der Waals surface area contributed by atoms with Crippen molar-refractivity contribution in [1.29, 1.82) is 0 Å². The molecule has 0 bridgehead atoms. The molecule has 2 N–H and O–H groups in total. The maximum atomic E-state index is 11.6. The van der Waals surface area contributed by atoms with Gasteiger partial charge in [-0.25, -0.2) is 18.2 Å². The molecule has 1 saturated heterocycles. The van der Waals surface area contributed by atoms with Crippen molar-refractivity contribution in [3.63, 3.8) is 0 Å². The van der Waals surface area contributed by atoms with Crippen LogP contribution in [0.5, 0.6) is 0 Å². The molecular formula is C12H16N2O4S. The number of carboxylic acids is 1. The Kier molecular flexibility index (Phi) is 3.75. The number of rotatable bonds is 3. The van der Waals surface area contributed by atoms with Crippen molar-refractivity contribution in [3.8, 4) is 0 Å². The Morgan fingerprint density at radius 3 is 2.89 bits per heavy atom. The molecule has 0 aromatic carbocycles. The van der Waals surface area contributed by atoms with Crippen LogP contribution in [0.3, 0.4) is 0 Å². The van der Waals surface area contributed by atoms with Gasteiger partial charge in [0.1, 0.15) is 11.4 Å². The molecule has 0 amide bonds. The van der Waals surface area contributed by atoms with Gasteiger partial charge in [-0.15, -0.1) is 0 Å². The summed E-state index contributed by atoms with van der Waals surface area (Å²) in [7, 11) is -3.03. The van der Waals surface area contributed by atoms with Gasteiger partial charge in [-0.05, 0) is 31.4 Å². The summed E-state index contributed by atoms with van der Waals surface area (Å²) in [5.41, 5.74) is 0.703. The third-order valence-corrected chi connectivity index (χ3v) is 5.00. The molecule has 1 fully saturated rings. The summed E-state index contributed by atoms with van der Waals surface area (Å²) in [6, 6.07) is 1.35. The number of pyridine rings is 1. The lowest BCUT2D eigenvalue weighted by Gasteiger charge is -2.24. The van der Waals surface area contributed by atoms with E-state index in [2.05, 4.69) is 10.3 Å². The molecule has 2 rings (SSSR count). The first kappa shape index (κ1) is 13.8. The van der Waals surface area contributed by atoms with E-state index >= 15 is 0 Å². The van der Waals surface area contributed by atoms with Crippen LogP contribution < -0.4 is 5.32 Å². The van der Waals surface area contributed by atoms with E-state index in [1.54, 1.807) is 13.0 Å². The maximum Gasteiger partial charge on any atom is 0.339 e. The minimum absolute atomic E-state index is 0.0294. The summed E-state index contributed by atoms with van der Waals surface area (Å²) < 4.78 is 23.1. The summed E-state index contributed by atoms with van der Waals surface area (Å²) in [4.78, 5) is 15.2. The monoisotopic (exact) mass is 284 g/mol. The largest absolute Gasteiger partial charge is 0.478 e. The van der Waals surface area contributed by atoms with E-state index in [1.807, 2.05) is 0 Å². The first-order valence-corrected chi connectivity index (χ1v) is 7.87. The van der Waals surface area contributed by atoms with Gasteiger partial charge in [-0.2, -0.15) is 0 Å². The molecule has 104 valence electrons. The van der Waals surface area contributed by atoms with Gasteiger partial charge in [-0.3, -0.25) is 0 Å². The summed E-state index contributed by atoms with van der Waals surface area (Å²) >= 11 is 0. The normalized spacial score (nSPS) is 21.8. The second kappa shape index (κ2) is 5.16. The second-order valence-electron chi connectivity index (χ2n) is 4.75. The van der Waals surface area contributed by atoms with Crippen LogP contribution in [0.2, 0.25) is 0 Å². The van der Waals surface area contributed by atoms with E-state index < -0.39 is 15.8 Å². The van der Waals surface area contributed by atoms with Gasteiger partial charge in [0.2, 0.25) is 0 Å². The smallest absolute Gasteiger partial charge is 0.339 e. The predicted molar refractivity (Wildman–Crippen MR) is 71.2 cm³/mol. The molecule has 6 nitrogen and oxygen atoms in total. The standard InChI is InChI=1S/C12H16N2O4S/c1-8-4-5-13-11(10(8)12(15)16)14-9-3-2-6-19(17,18)7-9/h4-5,9H,2-3,6-7H2,1H3,(H,13,14)(H,15,16). The second-order valence-corrected chi connectivity index (χ2v) is 6.98. The first-order chi connectivity index (χ1) is 8.89. The van der Waals surface area contributed by atoms with E-state index in [-0.39, 0.29) is 28.9 Å². The summed E-state index contributed by atoms with van der Waals surface area (Å²) in [6.45, 7) is 1.69. The van der Waals surface area contributed by atoms with Crippen LogP contribution >= 0.6 is 0 Å². The molecule has 0 radical (unpaired) electrons. The molecular weight excluding hydrogens is 268 g/mol. The number of sulfone groups is 1. The quantitative estimate of drug-likeness (QED) is 0.862. The minimum atomic E-state index is -3.03. The van der Waals surface area contributed by atoms with E-state index in [0.717, 1.165) is 0 Å². The van der Waals surface area contributed by atoms with E-state index in [4.69, 9.17) is 0 Å². The topological polar surface area (TPSA) is 96.4 Å². The van der Waals surface area contributed by atoms with Crippen LogP contribution in [0.4, 0.5) is 5.82 Å². The highest BCUT2D eigenvalue weighted by Gasteiger charge is 2.26. The zero-order valence-electron chi connectivity index (χ0n) is 10.6. The fourth-order valence-corrected chi connectivity index (χ4v) is 3.90. The number of aromatic carboxylic acids is 1. The van der Waals surface area contributed by atoms with Crippen LogP contribution in [0, 0.1) is 6.92 Å². The summed E-state index contributed by atoms with van der Waals surface area (Å²) in [5.74, 6) is -0.582. The zero-order chi connectivity index (χ0) is 14.0. The Bertz CT molecular complexity index is 598. The molecule has 0 saturated carbocycles. The molecule has 0 spiro atoms. The fraction of sp³-hybridized carbons (Fsp3) is 0.500. The first-order valence-electron chi connectivity index (χ1n) is 6.05. The molecule has 1 unspecified atom stereocenters. The highest BCUT2D eigenvalue weighted by Crippen LogP contribution is 2.21. The van der Waals surface area contributed by atoms with E-state index in [0.29, 0.717) is 18.4 Å². The number of carboxylic acid groups (broad SMARTS) is 1. The Balaban J connectivity index is 2.24. The van der Waals surface area contributed by atoms with Crippen molar-refractivity contribution in [1.82, 2.24) is 4.98 Å². The number of anilines is 1. The number of nitrogens with one attached hydrogen (secondary N) is 1. The van der Waals surface area contributed by atoms with Gasteiger partial charge in [0.15, 0.2) is 9.84 Å². The lowest BCUT2D eigenvalue weighted by atomic mass is 10.1. The minimum Gasteiger partial charge on any atom is -0.478 e. The van der Waals surface area contributed by atoms with Crippen LogP contribution in [0.15, 0.2) is 12.3 Å². The van der Waals surface area contributed by atoms with Crippen LogP contribution in [0.1, 0.15) is 28.8 Å². The van der Waals surface area contributed by atoms with Crippen LogP contribution in [0.25, 0.3) is 0 Å². The average molecular weight is 284 g/mol. The summed E-state index contributed by atoms with van der Waals surface area (Å²) in [6.07, 6.45) is 2.81. The van der Waals surface area contributed by atoms with Gasteiger partial charge in [0.05, 0.1) is 11.5 Å². The molecule has 1 aromatic rings. The van der Waals surface area contributed by atoms with Gasteiger partial charge in [-0.1, -0.05) is 0 Å². The van der Waals surface area contributed by atoms with Crippen molar-refractivity contribution in [2.45, 2.75) is 25.8 Å². The third-order valence-electron chi connectivity index (χ3n) is 3.18. The van der Waals surface area contributed by atoms with Gasteiger partial charge < -0.3 is 10.4 Å². The molecule has 1 atom stereocenters. The number of aromatic nitrogens is 1. The molecule has 1 aliphatic heterocycles. The highest BCUT2D eigenvalue weighted by atomic mass is 32.2. The lowest BCUT2D eigenvalue weighted by Crippen LogP contribution is -2.35. The lowest BCUT2D eigenvalue weighted by molar-refractivity contribution is 0.0696. The molecule has 2 heterocycles. The Labute approximate surface area is 111 Å². The molecule has 1 aromatic heterocycles. The highest BCUT2D eigenvalue weighted by molar-refractivity contribution is 7.91. The Hall–Kier alpha value is -1.63. The number of hydrogen-bond donors (Lipinski definition) is 2. The van der Waals surface area contributed by atoms with Crippen molar-refractivity contribution in [2.24, 2.45) is 0 Å². The number of hydrogen-bond acceptors (Lipinski definition) is 5. The fourth-order valence-electron chi connectivity index (χ4n) is 2.27. The SMILES string of the molecule is Cc1ccnc(NC2CCCS(=O)(=O)C2)c1C(=O)O. The molecule has 7 heteroatoms. The summed E-state index contributed by atoms with van der Waals surface area (Å²) in [5, 5.41) is 12.1. The number of nitrogens with zero attached hydrogens (tertiary/aromatic N) is 1. The predicted octanol–water partition coefficient (Wildman–Crippen LogP) is 1.08. The molecule has 1 aliphatic rings.